The number of rotatable bonds is 4. The Morgan fingerprint density at radius 2 is 1.78 bits per heavy atom. The highest BCUT2D eigenvalue weighted by Gasteiger charge is 2.15. The van der Waals surface area contributed by atoms with E-state index in [9.17, 15) is 4.79 Å². The number of methoxy groups -OCH3 is 2. The monoisotopic (exact) mass is 380 g/mol. The van der Waals surface area contributed by atoms with Gasteiger partial charge >= 0.3 is 0 Å². The average Bonchev–Trinajstić information content (AvgIpc) is 3.06. The van der Waals surface area contributed by atoms with Gasteiger partial charge in [-0.1, -0.05) is 6.07 Å². The lowest BCUT2D eigenvalue weighted by molar-refractivity contribution is 0.356. The summed E-state index contributed by atoms with van der Waals surface area (Å²) >= 11 is 1.68. The van der Waals surface area contributed by atoms with Crippen molar-refractivity contribution < 1.29 is 9.47 Å². The number of fused-ring (bicyclic) bond motifs is 2. The van der Waals surface area contributed by atoms with E-state index in [0.29, 0.717) is 23.4 Å². The number of hydrogen-bond donors (Lipinski definition) is 0. The van der Waals surface area contributed by atoms with Gasteiger partial charge in [-0.25, -0.2) is 4.98 Å². The fourth-order valence-corrected chi connectivity index (χ4v) is 4.20. The number of aryl methyl sites for hydroxylation is 2. The number of ether oxygens (including phenoxy) is 2. The first-order valence-corrected chi connectivity index (χ1v) is 9.54. The Kier molecular flexibility index (Phi) is 4.36. The van der Waals surface area contributed by atoms with E-state index in [4.69, 9.17) is 9.47 Å². The van der Waals surface area contributed by atoms with E-state index >= 15 is 0 Å². The molecule has 0 spiro atoms. The van der Waals surface area contributed by atoms with E-state index in [-0.39, 0.29) is 5.56 Å². The molecule has 0 unspecified atom stereocenters. The van der Waals surface area contributed by atoms with Crippen LogP contribution in [0, 0.1) is 6.92 Å². The zero-order valence-corrected chi connectivity index (χ0v) is 16.5. The van der Waals surface area contributed by atoms with Gasteiger partial charge in [-0.3, -0.25) is 4.79 Å². The lowest BCUT2D eigenvalue weighted by atomic mass is 9.99. The second-order valence-corrected chi connectivity index (χ2v) is 7.54. The summed E-state index contributed by atoms with van der Waals surface area (Å²) in [6, 6.07) is 9.88. The molecule has 2 aromatic carbocycles. The Morgan fingerprint density at radius 3 is 2.44 bits per heavy atom. The van der Waals surface area contributed by atoms with Gasteiger partial charge in [0.15, 0.2) is 11.5 Å². The number of hydrogen-bond acceptors (Lipinski definition) is 5. The Balaban J connectivity index is 2.08. The molecule has 4 rings (SSSR count). The summed E-state index contributed by atoms with van der Waals surface area (Å²) in [5, 5.41) is 2.49. The van der Waals surface area contributed by atoms with Crippen molar-refractivity contribution >= 4 is 32.3 Å². The smallest absolute Gasteiger partial charge is 0.258 e. The van der Waals surface area contributed by atoms with Gasteiger partial charge in [0.2, 0.25) is 0 Å². The van der Waals surface area contributed by atoms with Crippen molar-refractivity contribution in [1.29, 1.82) is 0 Å². The minimum absolute atomic E-state index is 0.0391. The van der Waals surface area contributed by atoms with E-state index < -0.39 is 0 Å². The summed E-state index contributed by atoms with van der Waals surface area (Å²) < 4.78 is 13.7. The SMILES string of the molecule is CCn1cc(-c2ccc3sc(C)nc3c2)c2cc(OC)c(OC)cc2c1=O. The first kappa shape index (κ1) is 17.5. The maximum atomic E-state index is 12.9. The van der Waals surface area contributed by atoms with Crippen LogP contribution >= 0.6 is 11.3 Å². The van der Waals surface area contributed by atoms with Crippen molar-refractivity contribution in [2.75, 3.05) is 14.2 Å². The summed E-state index contributed by atoms with van der Waals surface area (Å²) in [6.45, 7) is 4.56. The first-order chi connectivity index (χ1) is 13.0. The van der Waals surface area contributed by atoms with Crippen LogP contribution in [-0.2, 0) is 6.54 Å². The van der Waals surface area contributed by atoms with Crippen LogP contribution in [0.15, 0.2) is 41.3 Å². The Hall–Kier alpha value is -2.86. The zero-order chi connectivity index (χ0) is 19.1. The predicted octanol–water partition coefficient (Wildman–Crippen LogP) is 4.62. The molecule has 0 fully saturated rings. The molecule has 27 heavy (non-hydrogen) atoms. The lowest BCUT2D eigenvalue weighted by Crippen LogP contribution is -2.19. The van der Waals surface area contributed by atoms with Gasteiger partial charge in [0.1, 0.15) is 0 Å². The Labute approximate surface area is 160 Å². The van der Waals surface area contributed by atoms with E-state index in [1.165, 1.54) is 0 Å². The largest absolute Gasteiger partial charge is 0.493 e. The fourth-order valence-electron chi connectivity index (χ4n) is 3.39. The van der Waals surface area contributed by atoms with Crippen LogP contribution in [0.1, 0.15) is 11.9 Å². The molecular weight excluding hydrogens is 360 g/mol. The third-order valence-corrected chi connectivity index (χ3v) is 5.69. The van der Waals surface area contributed by atoms with Gasteiger partial charge in [-0.15, -0.1) is 11.3 Å². The van der Waals surface area contributed by atoms with Crippen molar-refractivity contribution in [2.24, 2.45) is 0 Å². The molecule has 6 heteroatoms. The fraction of sp³-hybridized carbons (Fsp3) is 0.238. The Morgan fingerprint density at radius 1 is 1.07 bits per heavy atom. The average molecular weight is 380 g/mol. The van der Waals surface area contributed by atoms with Crippen molar-refractivity contribution in [1.82, 2.24) is 9.55 Å². The summed E-state index contributed by atoms with van der Waals surface area (Å²) in [6.07, 6.45) is 1.91. The van der Waals surface area contributed by atoms with Crippen LogP contribution in [0.2, 0.25) is 0 Å². The van der Waals surface area contributed by atoms with Crippen molar-refractivity contribution in [3.05, 3.63) is 51.9 Å². The molecule has 0 saturated carbocycles. The molecule has 0 aliphatic rings. The van der Waals surface area contributed by atoms with Crippen LogP contribution < -0.4 is 15.0 Å². The van der Waals surface area contributed by atoms with Gasteiger partial charge in [0.25, 0.3) is 5.56 Å². The molecule has 2 aromatic heterocycles. The molecule has 0 atom stereocenters. The lowest BCUT2D eigenvalue weighted by Gasteiger charge is -2.14. The molecule has 0 N–H and O–H groups in total. The summed E-state index contributed by atoms with van der Waals surface area (Å²) in [5.74, 6) is 1.15. The van der Waals surface area contributed by atoms with Gasteiger partial charge in [0.05, 0.1) is 34.8 Å². The minimum atomic E-state index is -0.0391. The first-order valence-electron chi connectivity index (χ1n) is 8.72. The molecule has 0 radical (unpaired) electrons. The minimum Gasteiger partial charge on any atom is -0.493 e. The van der Waals surface area contributed by atoms with E-state index in [1.807, 2.05) is 26.1 Å². The van der Waals surface area contributed by atoms with Crippen LogP contribution in [-0.4, -0.2) is 23.8 Å². The van der Waals surface area contributed by atoms with Crippen LogP contribution in [0.3, 0.4) is 0 Å². The summed E-state index contributed by atoms with van der Waals surface area (Å²) in [4.78, 5) is 17.5. The van der Waals surface area contributed by atoms with Crippen molar-refractivity contribution in [2.45, 2.75) is 20.4 Å². The summed E-state index contributed by atoms with van der Waals surface area (Å²) in [7, 11) is 3.17. The normalized spacial score (nSPS) is 11.3. The van der Waals surface area contributed by atoms with Gasteiger partial charge in [-0.2, -0.15) is 0 Å². The molecule has 0 amide bonds. The predicted molar refractivity (Wildman–Crippen MR) is 110 cm³/mol. The maximum absolute atomic E-state index is 12.9. The standard InChI is InChI=1S/C21H20N2O3S/c1-5-23-11-16(13-6-7-20-17(8-13)22-12(2)27-20)14-9-18(25-3)19(26-4)10-15(14)21(23)24/h6-11H,5H2,1-4H3. The molecule has 0 saturated heterocycles. The molecule has 5 nitrogen and oxygen atoms in total. The highest BCUT2D eigenvalue weighted by atomic mass is 32.1. The van der Waals surface area contributed by atoms with Crippen molar-refractivity contribution in [3.63, 3.8) is 0 Å². The number of thiazole rings is 1. The number of nitrogens with zero attached hydrogens (tertiary/aromatic N) is 2. The number of pyridine rings is 1. The van der Waals surface area contributed by atoms with E-state index in [2.05, 4.69) is 23.2 Å². The molecule has 2 heterocycles. The highest BCUT2D eigenvalue weighted by molar-refractivity contribution is 7.18. The highest BCUT2D eigenvalue weighted by Crippen LogP contribution is 2.36. The summed E-state index contributed by atoms with van der Waals surface area (Å²) in [5.41, 5.74) is 2.92. The number of aromatic nitrogens is 2. The molecule has 0 aliphatic carbocycles. The molecule has 0 bridgehead atoms. The van der Waals surface area contributed by atoms with Crippen LogP contribution in [0.4, 0.5) is 0 Å². The van der Waals surface area contributed by atoms with E-state index in [0.717, 1.165) is 31.7 Å². The van der Waals surface area contributed by atoms with Crippen LogP contribution in [0.25, 0.3) is 32.1 Å². The molecule has 4 aromatic rings. The topological polar surface area (TPSA) is 53.4 Å². The second kappa shape index (κ2) is 6.70. The zero-order valence-electron chi connectivity index (χ0n) is 15.7. The van der Waals surface area contributed by atoms with Gasteiger partial charge in [0, 0.05) is 23.7 Å². The van der Waals surface area contributed by atoms with Crippen molar-refractivity contribution in [3.8, 4) is 22.6 Å². The third kappa shape index (κ3) is 2.86. The second-order valence-electron chi connectivity index (χ2n) is 6.30. The van der Waals surface area contributed by atoms with Gasteiger partial charge in [-0.05, 0) is 43.7 Å². The van der Waals surface area contributed by atoms with E-state index in [1.54, 1.807) is 36.2 Å². The third-order valence-electron chi connectivity index (χ3n) is 4.74. The number of benzene rings is 2. The van der Waals surface area contributed by atoms with Gasteiger partial charge < -0.3 is 14.0 Å². The molecular formula is C21H20N2O3S. The Bertz CT molecular complexity index is 1220. The van der Waals surface area contributed by atoms with Crippen LogP contribution in [0.5, 0.6) is 11.5 Å². The molecule has 138 valence electrons. The maximum Gasteiger partial charge on any atom is 0.258 e. The quantitative estimate of drug-likeness (QED) is 0.518. The molecule has 0 aliphatic heterocycles.